The summed E-state index contributed by atoms with van der Waals surface area (Å²) >= 11 is 0. The van der Waals surface area contributed by atoms with Gasteiger partial charge in [0.05, 0.1) is 0 Å². The number of nitrogens with one attached hydrogen (secondary N) is 1. The molecule has 0 aliphatic carbocycles. The third kappa shape index (κ3) is 5.64. The fourth-order valence-corrected chi connectivity index (χ4v) is 1.93. The monoisotopic (exact) mass is 201 g/mol. The van der Waals surface area contributed by atoms with Crippen molar-refractivity contribution in [1.82, 2.24) is 5.32 Å². The van der Waals surface area contributed by atoms with Crippen LogP contribution in [0.5, 0.6) is 0 Å². The zero-order chi connectivity index (χ0) is 11.6. The smallest absolute Gasteiger partial charge is 0.00410 e. The van der Waals surface area contributed by atoms with Crippen LogP contribution >= 0.6 is 0 Å². The Kier molecular flexibility index (Phi) is 11.1. The lowest BCUT2D eigenvalue weighted by Crippen LogP contribution is -2.30. The van der Waals surface area contributed by atoms with Gasteiger partial charge < -0.3 is 5.32 Å². The average Bonchev–Trinajstić information content (AvgIpc) is 2.28. The van der Waals surface area contributed by atoms with Crippen LogP contribution in [0.2, 0.25) is 0 Å². The number of hydrogen-bond donors (Lipinski definition) is 1. The van der Waals surface area contributed by atoms with Gasteiger partial charge in [0.15, 0.2) is 0 Å². The molecule has 0 amide bonds. The molecular formula is C13H31N. The van der Waals surface area contributed by atoms with Crippen molar-refractivity contribution >= 4 is 0 Å². The van der Waals surface area contributed by atoms with Crippen LogP contribution < -0.4 is 5.32 Å². The van der Waals surface area contributed by atoms with Gasteiger partial charge in [-0.2, -0.15) is 0 Å². The predicted molar refractivity (Wildman–Crippen MR) is 67.8 cm³/mol. The maximum absolute atomic E-state index is 3.32. The van der Waals surface area contributed by atoms with E-state index in [1.165, 1.54) is 25.7 Å². The SMILES string of the molecule is CC.CCC(CC)(CC)CC(C)NC. The highest BCUT2D eigenvalue weighted by atomic mass is 14.9. The van der Waals surface area contributed by atoms with Crippen molar-refractivity contribution in [2.75, 3.05) is 7.05 Å². The molecule has 0 rings (SSSR count). The summed E-state index contributed by atoms with van der Waals surface area (Å²) in [6.07, 6.45) is 5.25. The number of hydrogen-bond acceptors (Lipinski definition) is 1. The third-order valence-electron chi connectivity index (χ3n) is 3.48. The Bertz CT molecular complexity index is 97.5. The maximum atomic E-state index is 3.32. The second kappa shape index (κ2) is 9.51. The van der Waals surface area contributed by atoms with Gasteiger partial charge in [0.25, 0.3) is 0 Å². The third-order valence-corrected chi connectivity index (χ3v) is 3.48. The molecule has 1 N–H and O–H groups in total. The molecule has 0 spiro atoms. The van der Waals surface area contributed by atoms with E-state index in [1.54, 1.807) is 0 Å². The minimum absolute atomic E-state index is 0.586. The topological polar surface area (TPSA) is 12.0 Å². The van der Waals surface area contributed by atoms with Gasteiger partial charge in [-0.15, -0.1) is 0 Å². The van der Waals surface area contributed by atoms with Crippen LogP contribution in [0.1, 0.15) is 67.2 Å². The second-order valence-corrected chi connectivity index (χ2v) is 3.95. The van der Waals surface area contributed by atoms with Gasteiger partial charge in [-0.05, 0) is 25.8 Å². The van der Waals surface area contributed by atoms with Crippen LogP contribution in [0, 0.1) is 5.41 Å². The Morgan fingerprint density at radius 1 is 1.00 bits per heavy atom. The minimum Gasteiger partial charge on any atom is -0.317 e. The zero-order valence-corrected chi connectivity index (χ0v) is 11.4. The van der Waals surface area contributed by atoms with E-state index in [-0.39, 0.29) is 0 Å². The zero-order valence-electron chi connectivity index (χ0n) is 11.4. The lowest BCUT2D eigenvalue weighted by molar-refractivity contribution is 0.205. The quantitative estimate of drug-likeness (QED) is 0.678. The van der Waals surface area contributed by atoms with Crippen molar-refractivity contribution in [2.45, 2.75) is 73.3 Å². The summed E-state index contributed by atoms with van der Waals surface area (Å²) in [7, 11) is 2.05. The van der Waals surface area contributed by atoms with Gasteiger partial charge in [-0.25, -0.2) is 0 Å². The van der Waals surface area contributed by atoms with Gasteiger partial charge in [-0.1, -0.05) is 53.9 Å². The molecule has 0 fully saturated rings. The van der Waals surface area contributed by atoms with Crippen LogP contribution in [0.3, 0.4) is 0 Å². The van der Waals surface area contributed by atoms with Crippen molar-refractivity contribution in [2.24, 2.45) is 5.41 Å². The van der Waals surface area contributed by atoms with E-state index in [0.29, 0.717) is 11.5 Å². The molecular weight excluding hydrogens is 170 g/mol. The van der Waals surface area contributed by atoms with Crippen LogP contribution in [0.25, 0.3) is 0 Å². The molecule has 0 aliphatic rings. The first-order valence-corrected chi connectivity index (χ1v) is 6.31. The fourth-order valence-electron chi connectivity index (χ4n) is 1.93. The van der Waals surface area contributed by atoms with Crippen LogP contribution in [-0.4, -0.2) is 13.1 Å². The molecule has 0 heterocycles. The molecule has 1 atom stereocenters. The van der Waals surface area contributed by atoms with Gasteiger partial charge >= 0.3 is 0 Å². The Labute approximate surface area is 91.7 Å². The summed E-state index contributed by atoms with van der Waals surface area (Å²) in [5.41, 5.74) is 0.586. The van der Waals surface area contributed by atoms with Crippen LogP contribution in [-0.2, 0) is 0 Å². The van der Waals surface area contributed by atoms with Gasteiger partial charge in [0.1, 0.15) is 0 Å². The molecule has 14 heavy (non-hydrogen) atoms. The van der Waals surface area contributed by atoms with Crippen molar-refractivity contribution in [3.63, 3.8) is 0 Å². The van der Waals surface area contributed by atoms with E-state index in [0.717, 1.165) is 0 Å². The molecule has 1 nitrogen and oxygen atoms in total. The molecule has 0 radical (unpaired) electrons. The van der Waals surface area contributed by atoms with E-state index >= 15 is 0 Å². The Balaban J connectivity index is 0. The fraction of sp³-hybridized carbons (Fsp3) is 1.00. The van der Waals surface area contributed by atoms with Gasteiger partial charge in [0.2, 0.25) is 0 Å². The molecule has 1 heteroatoms. The van der Waals surface area contributed by atoms with E-state index < -0.39 is 0 Å². The van der Waals surface area contributed by atoms with E-state index in [2.05, 4.69) is 40.1 Å². The molecule has 0 aromatic rings. The average molecular weight is 201 g/mol. The minimum atomic E-state index is 0.586. The van der Waals surface area contributed by atoms with Crippen molar-refractivity contribution in [3.8, 4) is 0 Å². The molecule has 0 saturated carbocycles. The largest absolute Gasteiger partial charge is 0.317 e. The first-order valence-electron chi connectivity index (χ1n) is 6.31. The molecule has 0 aromatic heterocycles. The van der Waals surface area contributed by atoms with E-state index in [9.17, 15) is 0 Å². The molecule has 0 saturated heterocycles. The molecule has 0 aliphatic heterocycles. The first-order chi connectivity index (χ1) is 6.64. The standard InChI is InChI=1S/C11H25N.C2H6/c1-6-11(7-2,8-3)9-10(4)12-5;1-2/h10,12H,6-9H2,1-5H3;1-2H3. The lowest BCUT2D eigenvalue weighted by Gasteiger charge is -2.33. The molecule has 0 aromatic carbocycles. The molecule has 0 bridgehead atoms. The summed E-state index contributed by atoms with van der Waals surface area (Å²) in [4.78, 5) is 0. The Morgan fingerprint density at radius 3 is 1.57 bits per heavy atom. The van der Waals surface area contributed by atoms with E-state index in [4.69, 9.17) is 0 Å². The summed E-state index contributed by atoms with van der Waals surface area (Å²) in [6.45, 7) is 13.2. The van der Waals surface area contributed by atoms with Crippen molar-refractivity contribution in [1.29, 1.82) is 0 Å². The molecule has 1 unspecified atom stereocenters. The Morgan fingerprint density at radius 2 is 1.36 bits per heavy atom. The molecule has 88 valence electrons. The normalized spacial score (nSPS) is 13.1. The van der Waals surface area contributed by atoms with Gasteiger partial charge in [-0.3, -0.25) is 0 Å². The first kappa shape index (κ1) is 16.4. The maximum Gasteiger partial charge on any atom is 0.00410 e. The van der Waals surface area contributed by atoms with E-state index in [1.807, 2.05) is 13.8 Å². The number of rotatable bonds is 6. The summed E-state index contributed by atoms with van der Waals surface area (Å²) in [6, 6.07) is 0.657. The Hall–Kier alpha value is -0.0400. The summed E-state index contributed by atoms with van der Waals surface area (Å²) < 4.78 is 0. The lowest BCUT2D eigenvalue weighted by atomic mass is 9.75. The van der Waals surface area contributed by atoms with Gasteiger partial charge in [0, 0.05) is 6.04 Å². The highest BCUT2D eigenvalue weighted by Crippen LogP contribution is 2.35. The van der Waals surface area contributed by atoms with Crippen LogP contribution in [0.15, 0.2) is 0 Å². The second-order valence-electron chi connectivity index (χ2n) is 3.95. The summed E-state index contributed by atoms with van der Waals surface area (Å²) in [5.74, 6) is 0. The van der Waals surface area contributed by atoms with Crippen molar-refractivity contribution in [3.05, 3.63) is 0 Å². The predicted octanol–water partition coefficient (Wildman–Crippen LogP) is 4.23. The highest BCUT2D eigenvalue weighted by Gasteiger charge is 2.25. The van der Waals surface area contributed by atoms with Crippen molar-refractivity contribution < 1.29 is 0 Å². The summed E-state index contributed by atoms with van der Waals surface area (Å²) in [5, 5.41) is 3.32. The van der Waals surface area contributed by atoms with Crippen LogP contribution in [0.4, 0.5) is 0 Å². The highest BCUT2D eigenvalue weighted by molar-refractivity contribution is 4.79.